The van der Waals surface area contributed by atoms with Gasteiger partial charge in [0.25, 0.3) is 0 Å². The predicted molar refractivity (Wildman–Crippen MR) is 110 cm³/mol. The van der Waals surface area contributed by atoms with Gasteiger partial charge in [-0.1, -0.05) is 0 Å². The van der Waals surface area contributed by atoms with E-state index in [-0.39, 0.29) is 0 Å². The van der Waals surface area contributed by atoms with Crippen LogP contribution in [0.4, 0.5) is 0 Å². The highest BCUT2D eigenvalue weighted by Crippen LogP contribution is 2.16. The summed E-state index contributed by atoms with van der Waals surface area (Å²) in [6.45, 7) is 17.9. The molecule has 26 heavy (non-hydrogen) atoms. The molecule has 0 saturated heterocycles. The van der Waals surface area contributed by atoms with E-state index in [0.29, 0.717) is 39.6 Å². The van der Waals surface area contributed by atoms with Crippen LogP contribution in [0, 0.1) is 0 Å². The second-order valence-corrected chi connectivity index (χ2v) is 13.1. The summed E-state index contributed by atoms with van der Waals surface area (Å²) >= 11 is 0. The van der Waals surface area contributed by atoms with Gasteiger partial charge in [0, 0.05) is 39.6 Å². The van der Waals surface area contributed by atoms with Gasteiger partial charge in [0.15, 0.2) is 0 Å². The quantitative estimate of drug-likeness (QED) is 0.236. The van der Waals surface area contributed by atoms with Crippen LogP contribution in [0.2, 0.25) is 25.2 Å². The molecule has 0 aliphatic rings. The normalized spacial score (nSPS) is 12.7. The van der Waals surface area contributed by atoms with Crippen molar-refractivity contribution in [2.75, 3.05) is 52.9 Å². The van der Waals surface area contributed by atoms with E-state index in [4.69, 9.17) is 27.2 Å². The number of hydrogen-bond acceptors (Lipinski definition) is 6. The van der Waals surface area contributed by atoms with Gasteiger partial charge in [0.2, 0.25) is 0 Å². The third kappa shape index (κ3) is 13.4. The summed E-state index contributed by atoms with van der Waals surface area (Å²) < 4.78 is 34.6. The van der Waals surface area contributed by atoms with Crippen molar-refractivity contribution in [3.63, 3.8) is 0 Å². The smallest absolute Gasteiger partial charge is 0.334 e. The molecular weight excluding hydrogens is 368 g/mol. The molecule has 0 saturated carbocycles. The van der Waals surface area contributed by atoms with E-state index in [2.05, 4.69) is 13.1 Å². The van der Waals surface area contributed by atoms with E-state index < -0.39 is 17.1 Å². The Balaban J connectivity index is 3.64. The van der Waals surface area contributed by atoms with Crippen LogP contribution in [0.3, 0.4) is 0 Å². The fraction of sp³-hybridized carbons (Fsp3) is 1.00. The molecular formula is C18H42O6Si2. The molecule has 0 amide bonds. The van der Waals surface area contributed by atoms with Crippen LogP contribution >= 0.6 is 0 Å². The molecule has 0 atom stereocenters. The average Bonchev–Trinajstić information content (AvgIpc) is 2.57. The van der Waals surface area contributed by atoms with Crippen LogP contribution < -0.4 is 0 Å². The highest BCUT2D eigenvalue weighted by Gasteiger charge is 2.30. The van der Waals surface area contributed by atoms with Gasteiger partial charge in [-0.25, -0.2) is 0 Å². The summed E-state index contributed by atoms with van der Waals surface area (Å²) in [7, 11) is -4.00. The van der Waals surface area contributed by atoms with Crippen molar-refractivity contribution < 1.29 is 27.2 Å². The van der Waals surface area contributed by atoms with Crippen molar-refractivity contribution >= 4 is 17.1 Å². The summed E-state index contributed by atoms with van der Waals surface area (Å²) in [5, 5.41) is 0. The standard InChI is InChI=1S/C18H42O6Si2/c1-7-21-25(5,22-8-2)17-11-13-19-15-16-20-14-12-18-26(6,23-9-3)24-10-4/h7-18H2,1-6H3. The zero-order chi connectivity index (χ0) is 19.7. The summed E-state index contributed by atoms with van der Waals surface area (Å²) in [6, 6.07) is 1.93. The van der Waals surface area contributed by atoms with E-state index in [1.54, 1.807) is 0 Å². The molecule has 6 nitrogen and oxygen atoms in total. The van der Waals surface area contributed by atoms with Crippen molar-refractivity contribution in [1.29, 1.82) is 0 Å². The highest BCUT2D eigenvalue weighted by atomic mass is 28.4. The van der Waals surface area contributed by atoms with Crippen LogP contribution in [0.5, 0.6) is 0 Å². The SMILES string of the molecule is CCO[Si](C)(CCCOCCOCCC[Si](C)(OCC)OCC)OCC. The first kappa shape index (κ1) is 26.2. The van der Waals surface area contributed by atoms with Gasteiger partial charge in [0.1, 0.15) is 0 Å². The average molecular weight is 411 g/mol. The van der Waals surface area contributed by atoms with Crippen molar-refractivity contribution in [1.82, 2.24) is 0 Å². The monoisotopic (exact) mass is 410 g/mol. The topological polar surface area (TPSA) is 55.4 Å². The first-order valence-electron chi connectivity index (χ1n) is 10.2. The molecule has 0 heterocycles. The molecule has 0 aromatic heterocycles. The Hall–Kier alpha value is 0.194. The van der Waals surface area contributed by atoms with Crippen molar-refractivity contribution in [3.8, 4) is 0 Å². The lowest BCUT2D eigenvalue weighted by molar-refractivity contribution is 0.0465. The fourth-order valence-electron chi connectivity index (χ4n) is 2.91. The lowest BCUT2D eigenvalue weighted by Gasteiger charge is -2.26. The molecule has 0 spiro atoms. The first-order valence-corrected chi connectivity index (χ1v) is 15.2. The maximum Gasteiger partial charge on any atom is 0.334 e. The number of ether oxygens (including phenoxy) is 2. The van der Waals surface area contributed by atoms with Gasteiger partial charge in [-0.2, -0.15) is 0 Å². The second kappa shape index (κ2) is 16.2. The third-order valence-electron chi connectivity index (χ3n) is 4.01. The van der Waals surface area contributed by atoms with Gasteiger partial charge in [-0.15, -0.1) is 0 Å². The van der Waals surface area contributed by atoms with E-state index in [0.717, 1.165) is 38.1 Å². The Morgan fingerprint density at radius 2 is 0.808 bits per heavy atom. The molecule has 0 fully saturated rings. The predicted octanol–water partition coefficient (Wildman–Crippen LogP) is 4.09. The van der Waals surface area contributed by atoms with E-state index in [1.807, 2.05) is 27.7 Å². The molecule has 0 aromatic carbocycles. The van der Waals surface area contributed by atoms with Crippen LogP contribution in [0.1, 0.15) is 40.5 Å². The number of rotatable bonds is 19. The van der Waals surface area contributed by atoms with Gasteiger partial charge in [-0.05, 0) is 65.7 Å². The van der Waals surface area contributed by atoms with Gasteiger partial charge in [0.05, 0.1) is 13.2 Å². The molecule has 0 bridgehead atoms. The minimum Gasteiger partial charge on any atom is -0.395 e. The van der Waals surface area contributed by atoms with Crippen LogP contribution in [0.15, 0.2) is 0 Å². The summed E-state index contributed by atoms with van der Waals surface area (Å²) in [4.78, 5) is 0. The number of hydrogen-bond donors (Lipinski definition) is 0. The van der Waals surface area contributed by atoms with E-state index in [1.165, 1.54) is 0 Å². The second-order valence-electron chi connectivity index (χ2n) is 6.43. The minimum absolute atomic E-state index is 0.632. The van der Waals surface area contributed by atoms with Crippen molar-refractivity contribution in [3.05, 3.63) is 0 Å². The maximum absolute atomic E-state index is 5.82. The Kier molecular flexibility index (Phi) is 16.3. The summed E-state index contributed by atoms with van der Waals surface area (Å²) in [6.07, 6.45) is 1.94. The van der Waals surface area contributed by atoms with Gasteiger partial charge < -0.3 is 27.2 Å². The minimum atomic E-state index is -2.00. The molecule has 0 unspecified atom stereocenters. The zero-order valence-corrected chi connectivity index (χ0v) is 19.9. The van der Waals surface area contributed by atoms with Crippen molar-refractivity contribution in [2.24, 2.45) is 0 Å². The Labute approximate surface area is 163 Å². The molecule has 0 aliphatic heterocycles. The molecule has 0 aromatic rings. The largest absolute Gasteiger partial charge is 0.395 e. The Morgan fingerprint density at radius 1 is 0.500 bits per heavy atom. The maximum atomic E-state index is 5.82. The van der Waals surface area contributed by atoms with Gasteiger partial charge >= 0.3 is 17.1 Å². The first-order chi connectivity index (χ1) is 12.4. The molecule has 0 N–H and O–H groups in total. The molecule has 0 aliphatic carbocycles. The fourth-order valence-corrected chi connectivity index (χ4v) is 7.67. The molecule has 158 valence electrons. The highest BCUT2D eigenvalue weighted by molar-refractivity contribution is 6.66. The van der Waals surface area contributed by atoms with Crippen LogP contribution in [-0.4, -0.2) is 70.0 Å². The van der Waals surface area contributed by atoms with E-state index in [9.17, 15) is 0 Å². The molecule has 0 rings (SSSR count). The van der Waals surface area contributed by atoms with Crippen LogP contribution in [-0.2, 0) is 27.2 Å². The summed E-state index contributed by atoms with van der Waals surface area (Å²) in [5.41, 5.74) is 0. The van der Waals surface area contributed by atoms with Gasteiger partial charge in [-0.3, -0.25) is 0 Å². The molecule has 0 radical (unpaired) electrons. The Bertz CT molecular complexity index is 278. The zero-order valence-electron chi connectivity index (χ0n) is 17.9. The lowest BCUT2D eigenvalue weighted by atomic mass is 10.5. The third-order valence-corrected chi connectivity index (χ3v) is 10.1. The summed E-state index contributed by atoms with van der Waals surface area (Å²) in [5.74, 6) is 0. The lowest BCUT2D eigenvalue weighted by Crippen LogP contribution is -2.39. The Morgan fingerprint density at radius 3 is 1.08 bits per heavy atom. The van der Waals surface area contributed by atoms with Crippen LogP contribution in [0.25, 0.3) is 0 Å². The van der Waals surface area contributed by atoms with E-state index >= 15 is 0 Å². The van der Waals surface area contributed by atoms with Crippen molar-refractivity contribution in [2.45, 2.75) is 65.7 Å². The molecule has 8 heteroatoms.